The summed E-state index contributed by atoms with van der Waals surface area (Å²) in [5.41, 5.74) is 6.18. The molecule has 3 rings (SSSR count). The van der Waals surface area contributed by atoms with Crippen molar-refractivity contribution in [2.45, 2.75) is 6.92 Å². The number of aromatic nitrogens is 1. The zero-order valence-corrected chi connectivity index (χ0v) is 16.2. The molecule has 2 aromatic carbocycles. The number of carbonyl (C=O) groups excluding carboxylic acids is 1. The minimum Gasteiger partial charge on any atom is -0.364 e. The smallest absolute Gasteiger partial charge is 0.266 e. The molecular weight excluding hydrogens is 401 g/mol. The Labute approximate surface area is 158 Å². The lowest BCUT2D eigenvalue weighted by Crippen LogP contribution is -2.26. The van der Waals surface area contributed by atoms with Gasteiger partial charge in [0.25, 0.3) is 13.3 Å². The summed E-state index contributed by atoms with van der Waals surface area (Å²) in [6.07, 6.45) is 0. The van der Waals surface area contributed by atoms with Crippen LogP contribution < -0.4 is 16.3 Å². The summed E-state index contributed by atoms with van der Waals surface area (Å²) in [4.78, 5) is 14.7. The molecule has 5 nitrogen and oxygen atoms in total. The third-order valence-electron chi connectivity index (χ3n) is 3.99. The highest BCUT2D eigenvalue weighted by Gasteiger charge is 2.37. The van der Waals surface area contributed by atoms with Crippen molar-refractivity contribution in [3.05, 3.63) is 57.5 Å². The molecule has 0 spiro atoms. The van der Waals surface area contributed by atoms with Crippen LogP contribution in [0.5, 0.6) is 0 Å². The predicted octanol–water partition coefficient (Wildman–Crippen LogP) is 3.90. The van der Waals surface area contributed by atoms with Gasteiger partial charge in [-0.25, -0.2) is 4.39 Å². The maximum atomic E-state index is 14.8. The van der Waals surface area contributed by atoms with E-state index in [1.54, 1.807) is 19.1 Å². The van der Waals surface area contributed by atoms with Crippen LogP contribution in [0.3, 0.4) is 0 Å². The number of halogens is 3. The Bertz CT molecular complexity index is 1080. The molecule has 0 bridgehead atoms. The SMILES string of the molecule is COP(=O)(c1cc(C)cc(Cl)c1)c1c(C(N)=O)[nH]c2ccc(Cl)c(F)c12. The van der Waals surface area contributed by atoms with Crippen LogP contribution in [-0.2, 0) is 9.09 Å². The number of amides is 1. The number of aromatic amines is 1. The largest absolute Gasteiger partial charge is 0.364 e. The quantitative estimate of drug-likeness (QED) is 0.634. The number of hydrogen-bond donors (Lipinski definition) is 2. The molecule has 0 radical (unpaired) electrons. The average molecular weight is 415 g/mol. The van der Waals surface area contributed by atoms with Crippen molar-refractivity contribution < 1.29 is 18.3 Å². The summed E-state index contributed by atoms with van der Waals surface area (Å²) in [5, 5.41) is 0.0981. The van der Waals surface area contributed by atoms with Gasteiger partial charge in [-0.15, -0.1) is 0 Å². The summed E-state index contributed by atoms with van der Waals surface area (Å²) < 4.78 is 33.9. The lowest BCUT2D eigenvalue weighted by Gasteiger charge is -2.18. The molecule has 3 aromatic rings. The van der Waals surface area contributed by atoms with Crippen molar-refractivity contribution >= 4 is 58.0 Å². The second-order valence-corrected chi connectivity index (χ2v) is 8.99. The van der Waals surface area contributed by atoms with Crippen molar-refractivity contribution in [3.8, 4) is 0 Å². The number of fused-ring (bicyclic) bond motifs is 1. The maximum Gasteiger partial charge on any atom is 0.266 e. The van der Waals surface area contributed by atoms with E-state index < -0.39 is 19.1 Å². The van der Waals surface area contributed by atoms with Gasteiger partial charge in [0.15, 0.2) is 5.82 Å². The second kappa shape index (κ2) is 6.71. The first-order valence-electron chi connectivity index (χ1n) is 7.42. The van der Waals surface area contributed by atoms with Gasteiger partial charge in [0.1, 0.15) is 5.69 Å². The number of H-pyrrole nitrogens is 1. The van der Waals surface area contributed by atoms with Gasteiger partial charge in [-0.2, -0.15) is 0 Å². The van der Waals surface area contributed by atoms with Gasteiger partial charge < -0.3 is 15.2 Å². The number of rotatable bonds is 4. The van der Waals surface area contributed by atoms with Crippen LogP contribution in [0.15, 0.2) is 30.3 Å². The van der Waals surface area contributed by atoms with Gasteiger partial charge in [0.05, 0.1) is 15.7 Å². The number of carbonyl (C=O) groups is 1. The van der Waals surface area contributed by atoms with E-state index in [4.69, 9.17) is 33.5 Å². The van der Waals surface area contributed by atoms with Crippen LogP contribution in [0.25, 0.3) is 10.9 Å². The zero-order valence-electron chi connectivity index (χ0n) is 13.8. The number of aryl methyl sites for hydroxylation is 1. The van der Waals surface area contributed by atoms with Gasteiger partial charge in [0, 0.05) is 23.0 Å². The van der Waals surface area contributed by atoms with Crippen molar-refractivity contribution in [2.24, 2.45) is 5.73 Å². The number of nitrogens with two attached hydrogens (primary N) is 1. The Hall–Kier alpha value is -1.85. The molecule has 0 aliphatic rings. The molecule has 9 heteroatoms. The molecule has 1 aromatic heterocycles. The molecule has 136 valence electrons. The molecule has 0 fully saturated rings. The van der Waals surface area contributed by atoms with E-state index in [0.29, 0.717) is 5.02 Å². The minimum absolute atomic E-state index is 0.103. The second-order valence-electron chi connectivity index (χ2n) is 5.72. The first kappa shape index (κ1) is 18.9. The molecule has 1 heterocycles. The highest BCUT2D eigenvalue weighted by molar-refractivity contribution is 7.75. The molecule has 26 heavy (non-hydrogen) atoms. The number of benzene rings is 2. The monoisotopic (exact) mass is 414 g/mol. The number of primary amides is 1. The Kier molecular flexibility index (Phi) is 4.88. The topological polar surface area (TPSA) is 85.2 Å². The molecule has 1 atom stereocenters. The predicted molar refractivity (Wildman–Crippen MR) is 102 cm³/mol. The van der Waals surface area contributed by atoms with Crippen LogP contribution in [0, 0.1) is 12.7 Å². The molecule has 0 saturated carbocycles. The zero-order chi connectivity index (χ0) is 19.2. The van der Waals surface area contributed by atoms with E-state index in [2.05, 4.69) is 4.98 Å². The van der Waals surface area contributed by atoms with E-state index in [0.717, 1.165) is 5.56 Å². The van der Waals surface area contributed by atoms with Crippen LogP contribution in [0.1, 0.15) is 16.1 Å². The molecule has 0 saturated heterocycles. The molecule has 3 N–H and O–H groups in total. The molecule has 1 amide bonds. The lowest BCUT2D eigenvalue weighted by atomic mass is 10.2. The van der Waals surface area contributed by atoms with Crippen LogP contribution in [0.4, 0.5) is 4.39 Å². The Balaban J connectivity index is 2.48. The van der Waals surface area contributed by atoms with Gasteiger partial charge >= 0.3 is 0 Å². The van der Waals surface area contributed by atoms with Gasteiger partial charge in [0.2, 0.25) is 0 Å². The van der Waals surface area contributed by atoms with Crippen molar-refractivity contribution in [2.75, 3.05) is 7.11 Å². The third-order valence-corrected chi connectivity index (χ3v) is 6.99. The number of hydrogen-bond acceptors (Lipinski definition) is 3. The highest BCUT2D eigenvalue weighted by Crippen LogP contribution is 2.48. The lowest BCUT2D eigenvalue weighted by molar-refractivity contribution is 0.0997. The fraction of sp³-hybridized carbons (Fsp3) is 0.118. The standard InChI is InChI=1S/C17H14Cl2FN2O3P/c1-8-5-9(18)7-10(6-8)26(24,25-2)16-13-12(22-15(16)17(21)23)4-3-11(19)14(13)20/h3-7,22H,1-2H3,(H2,21,23). The summed E-state index contributed by atoms with van der Waals surface area (Å²) >= 11 is 12.0. The summed E-state index contributed by atoms with van der Waals surface area (Å²) in [7, 11) is -2.70. The van der Waals surface area contributed by atoms with Crippen LogP contribution >= 0.6 is 30.6 Å². The van der Waals surface area contributed by atoms with Gasteiger partial charge in [-0.3, -0.25) is 9.36 Å². The fourth-order valence-corrected chi connectivity index (χ4v) is 5.72. The minimum atomic E-state index is -3.91. The van der Waals surface area contributed by atoms with Gasteiger partial charge in [-0.05, 0) is 42.8 Å². The highest BCUT2D eigenvalue weighted by atomic mass is 35.5. The first-order valence-corrected chi connectivity index (χ1v) is 9.80. The molecular formula is C17H14Cl2FN2O3P. The van der Waals surface area contributed by atoms with Crippen molar-refractivity contribution in [3.63, 3.8) is 0 Å². The third kappa shape index (κ3) is 2.93. The Morgan fingerprint density at radius 2 is 1.96 bits per heavy atom. The normalized spacial score (nSPS) is 13.7. The van der Waals surface area contributed by atoms with E-state index >= 15 is 0 Å². The fourth-order valence-electron chi connectivity index (χ4n) is 2.89. The Morgan fingerprint density at radius 1 is 1.27 bits per heavy atom. The van der Waals surface area contributed by atoms with Crippen molar-refractivity contribution in [1.82, 2.24) is 4.98 Å². The molecule has 0 aliphatic heterocycles. The van der Waals surface area contributed by atoms with E-state index in [1.165, 1.54) is 25.3 Å². The van der Waals surface area contributed by atoms with Gasteiger partial charge in [-0.1, -0.05) is 23.2 Å². The Morgan fingerprint density at radius 3 is 2.54 bits per heavy atom. The van der Waals surface area contributed by atoms with Crippen molar-refractivity contribution in [1.29, 1.82) is 0 Å². The average Bonchev–Trinajstić information content (AvgIpc) is 2.97. The van der Waals surface area contributed by atoms with Crippen LogP contribution in [-0.4, -0.2) is 18.0 Å². The molecule has 1 unspecified atom stereocenters. The first-order chi connectivity index (χ1) is 12.2. The summed E-state index contributed by atoms with van der Waals surface area (Å²) in [6, 6.07) is 7.52. The van der Waals surface area contributed by atoms with E-state index in [1.807, 2.05) is 0 Å². The van der Waals surface area contributed by atoms with Crippen LogP contribution in [0.2, 0.25) is 10.0 Å². The van der Waals surface area contributed by atoms with E-state index in [9.17, 15) is 13.8 Å². The molecule has 0 aliphatic carbocycles. The summed E-state index contributed by atoms with van der Waals surface area (Å²) in [6.45, 7) is 1.76. The maximum absolute atomic E-state index is 14.8. The van der Waals surface area contributed by atoms with E-state index in [-0.39, 0.29) is 32.2 Å². The summed E-state index contributed by atoms with van der Waals surface area (Å²) in [5.74, 6) is -1.72. The number of nitrogens with one attached hydrogen (secondary N) is 1.